The molecule has 172 valence electrons. The van der Waals surface area contributed by atoms with E-state index in [1.54, 1.807) is 25.2 Å². The van der Waals surface area contributed by atoms with Gasteiger partial charge in [0.2, 0.25) is 11.8 Å². The van der Waals surface area contributed by atoms with Crippen LogP contribution in [0.4, 0.5) is 4.79 Å². The number of hydrogen-bond donors (Lipinski definition) is 0. The number of rotatable bonds is 6. The van der Waals surface area contributed by atoms with Crippen LogP contribution >= 0.6 is 0 Å². The van der Waals surface area contributed by atoms with Crippen LogP contribution in [0.2, 0.25) is 0 Å². The first-order valence-electron chi connectivity index (χ1n) is 10.9. The maximum atomic E-state index is 12.5. The Labute approximate surface area is 188 Å². The Bertz CT molecular complexity index is 880. The molecule has 0 saturated carbocycles. The van der Waals surface area contributed by atoms with Crippen LogP contribution in [-0.2, 0) is 22.6 Å². The lowest BCUT2D eigenvalue weighted by molar-refractivity contribution is -0.135. The van der Waals surface area contributed by atoms with E-state index in [1.807, 2.05) is 30.3 Å². The molecule has 0 atom stereocenters. The number of carbonyl (C=O) groups excluding carboxylic acids is 1. The fourth-order valence-electron chi connectivity index (χ4n) is 4.20. The van der Waals surface area contributed by atoms with Crippen molar-refractivity contribution >= 4 is 6.09 Å². The van der Waals surface area contributed by atoms with Gasteiger partial charge < -0.3 is 23.8 Å². The van der Waals surface area contributed by atoms with Gasteiger partial charge >= 0.3 is 6.09 Å². The second kappa shape index (κ2) is 10.1. The van der Waals surface area contributed by atoms with Crippen LogP contribution in [0.25, 0.3) is 0 Å². The number of methoxy groups -OCH3 is 2. The fourth-order valence-corrected chi connectivity index (χ4v) is 4.20. The largest absolute Gasteiger partial charge is 0.481 e. The monoisotopic (exact) mass is 442 g/mol. The van der Waals surface area contributed by atoms with Gasteiger partial charge in [0.15, 0.2) is 0 Å². The van der Waals surface area contributed by atoms with Crippen LogP contribution in [0.3, 0.4) is 0 Å². The first-order chi connectivity index (χ1) is 15.6. The molecule has 2 aromatic rings. The quantitative estimate of drug-likeness (QED) is 0.675. The molecule has 2 aliphatic heterocycles. The molecule has 1 amide bonds. The van der Waals surface area contributed by atoms with Crippen molar-refractivity contribution in [1.29, 1.82) is 0 Å². The summed E-state index contributed by atoms with van der Waals surface area (Å²) in [6.45, 7) is 4.31. The SMILES string of the molecule is COc1cc(OC)nc(CN2CCOC3(CCN(C(=O)OCc4ccccc4)CC3)C2)n1. The summed E-state index contributed by atoms with van der Waals surface area (Å²) in [5.41, 5.74) is 0.717. The van der Waals surface area contributed by atoms with E-state index in [2.05, 4.69) is 14.9 Å². The normalized spacial score (nSPS) is 18.4. The van der Waals surface area contributed by atoms with Crippen LogP contribution < -0.4 is 9.47 Å². The minimum Gasteiger partial charge on any atom is -0.481 e. The molecule has 1 aromatic heterocycles. The predicted molar refractivity (Wildman–Crippen MR) is 117 cm³/mol. The van der Waals surface area contributed by atoms with Gasteiger partial charge in [-0.1, -0.05) is 30.3 Å². The molecule has 2 aliphatic rings. The molecule has 3 heterocycles. The van der Waals surface area contributed by atoms with Crippen molar-refractivity contribution in [3.63, 3.8) is 0 Å². The third kappa shape index (κ3) is 5.46. The lowest BCUT2D eigenvalue weighted by Crippen LogP contribution is -2.57. The average molecular weight is 443 g/mol. The summed E-state index contributed by atoms with van der Waals surface area (Å²) in [5.74, 6) is 1.62. The highest BCUT2D eigenvalue weighted by Gasteiger charge is 2.41. The Kier molecular flexibility index (Phi) is 7.06. The number of morpholine rings is 1. The molecule has 32 heavy (non-hydrogen) atoms. The van der Waals surface area contributed by atoms with Gasteiger partial charge in [0.05, 0.1) is 39.0 Å². The first-order valence-corrected chi connectivity index (χ1v) is 10.9. The summed E-state index contributed by atoms with van der Waals surface area (Å²) in [4.78, 5) is 25.4. The number of carbonyl (C=O) groups is 1. The zero-order valence-electron chi connectivity index (χ0n) is 18.7. The van der Waals surface area contributed by atoms with E-state index in [-0.39, 0.29) is 18.3 Å². The molecule has 9 heteroatoms. The number of ether oxygens (including phenoxy) is 4. The molecule has 1 spiro atoms. The van der Waals surface area contributed by atoms with Crippen LogP contribution in [-0.4, -0.2) is 78.5 Å². The predicted octanol–water partition coefficient (Wildman–Crippen LogP) is 2.50. The number of likely N-dealkylation sites (tertiary alicyclic amines) is 1. The van der Waals surface area contributed by atoms with Gasteiger partial charge in [-0.25, -0.2) is 4.79 Å². The topological polar surface area (TPSA) is 86.3 Å². The highest BCUT2D eigenvalue weighted by molar-refractivity contribution is 5.67. The van der Waals surface area contributed by atoms with Crippen molar-refractivity contribution in [3.8, 4) is 11.8 Å². The van der Waals surface area contributed by atoms with Gasteiger partial charge in [0, 0.05) is 26.2 Å². The summed E-state index contributed by atoms with van der Waals surface area (Å²) >= 11 is 0. The summed E-state index contributed by atoms with van der Waals surface area (Å²) in [7, 11) is 3.15. The lowest BCUT2D eigenvalue weighted by atomic mass is 9.89. The van der Waals surface area contributed by atoms with Crippen LogP contribution in [0, 0.1) is 0 Å². The molecule has 0 radical (unpaired) electrons. The molecular weight excluding hydrogens is 412 g/mol. The minimum absolute atomic E-state index is 0.266. The van der Waals surface area contributed by atoms with Gasteiger partial charge in [-0.3, -0.25) is 4.90 Å². The zero-order chi connectivity index (χ0) is 22.4. The Morgan fingerprint density at radius 2 is 1.75 bits per heavy atom. The number of piperidine rings is 1. The maximum Gasteiger partial charge on any atom is 0.410 e. The Morgan fingerprint density at radius 3 is 2.41 bits per heavy atom. The fraction of sp³-hybridized carbons (Fsp3) is 0.522. The third-order valence-electron chi connectivity index (χ3n) is 5.97. The maximum absolute atomic E-state index is 12.5. The molecule has 9 nitrogen and oxygen atoms in total. The van der Waals surface area contributed by atoms with E-state index in [0.29, 0.717) is 43.8 Å². The summed E-state index contributed by atoms with van der Waals surface area (Å²) < 4.78 is 22.2. The van der Waals surface area contributed by atoms with Crippen LogP contribution in [0.15, 0.2) is 36.4 Å². The van der Waals surface area contributed by atoms with Gasteiger partial charge in [0.1, 0.15) is 12.4 Å². The van der Waals surface area contributed by atoms with E-state index >= 15 is 0 Å². The van der Waals surface area contributed by atoms with Crippen molar-refractivity contribution in [3.05, 3.63) is 47.8 Å². The standard InChI is InChI=1S/C23H30N4O5/c1-29-20-14-21(30-2)25-19(24-20)15-26-12-13-32-23(17-26)8-10-27(11-9-23)22(28)31-16-18-6-4-3-5-7-18/h3-7,14H,8-13,15-17H2,1-2H3. The van der Waals surface area contributed by atoms with Crippen molar-refractivity contribution in [2.45, 2.75) is 31.6 Å². The van der Waals surface area contributed by atoms with Crippen molar-refractivity contribution in [2.75, 3.05) is 47.0 Å². The summed E-state index contributed by atoms with van der Waals surface area (Å²) in [6, 6.07) is 11.4. The molecule has 0 N–H and O–H groups in total. The molecule has 2 fully saturated rings. The van der Waals surface area contributed by atoms with E-state index in [0.717, 1.165) is 31.5 Å². The molecular formula is C23H30N4O5. The number of benzene rings is 1. The van der Waals surface area contributed by atoms with Crippen LogP contribution in [0.1, 0.15) is 24.2 Å². The molecule has 4 rings (SSSR count). The average Bonchev–Trinajstić information content (AvgIpc) is 2.83. The molecule has 0 unspecified atom stereocenters. The van der Waals surface area contributed by atoms with Crippen LogP contribution in [0.5, 0.6) is 11.8 Å². The van der Waals surface area contributed by atoms with E-state index in [1.165, 1.54) is 0 Å². The van der Waals surface area contributed by atoms with Gasteiger partial charge in [-0.2, -0.15) is 9.97 Å². The van der Waals surface area contributed by atoms with Crippen molar-refractivity contribution < 1.29 is 23.7 Å². The first kappa shape index (κ1) is 22.3. The highest BCUT2D eigenvalue weighted by Crippen LogP contribution is 2.31. The van der Waals surface area contributed by atoms with Crippen molar-refractivity contribution in [2.24, 2.45) is 0 Å². The third-order valence-corrected chi connectivity index (χ3v) is 5.97. The minimum atomic E-state index is -0.270. The molecule has 1 aromatic carbocycles. The highest BCUT2D eigenvalue weighted by atomic mass is 16.6. The Hall–Kier alpha value is -2.91. The van der Waals surface area contributed by atoms with E-state index in [4.69, 9.17) is 18.9 Å². The summed E-state index contributed by atoms with van der Waals surface area (Å²) in [5, 5.41) is 0. The van der Waals surface area contributed by atoms with Gasteiger partial charge in [-0.05, 0) is 18.4 Å². The van der Waals surface area contributed by atoms with E-state index in [9.17, 15) is 4.79 Å². The van der Waals surface area contributed by atoms with E-state index < -0.39 is 0 Å². The molecule has 2 saturated heterocycles. The molecule has 0 aliphatic carbocycles. The Balaban J connectivity index is 1.30. The lowest BCUT2D eigenvalue weighted by Gasteiger charge is -2.46. The second-order valence-corrected chi connectivity index (χ2v) is 8.14. The number of nitrogens with zero attached hydrogens (tertiary/aromatic N) is 4. The number of amides is 1. The van der Waals surface area contributed by atoms with Gasteiger partial charge in [-0.15, -0.1) is 0 Å². The Morgan fingerprint density at radius 1 is 1.06 bits per heavy atom. The second-order valence-electron chi connectivity index (χ2n) is 8.14. The molecule has 0 bridgehead atoms. The smallest absolute Gasteiger partial charge is 0.410 e. The van der Waals surface area contributed by atoms with Gasteiger partial charge in [0.25, 0.3) is 0 Å². The summed E-state index contributed by atoms with van der Waals surface area (Å²) in [6.07, 6.45) is 1.27. The number of aromatic nitrogens is 2. The van der Waals surface area contributed by atoms with Crippen molar-refractivity contribution in [1.82, 2.24) is 19.8 Å². The zero-order valence-corrected chi connectivity index (χ0v) is 18.7. The number of hydrogen-bond acceptors (Lipinski definition) is 8.